The topological polar surface area (TPSA) is 65.6 Å². The number of ether oxygens (including phenoxy) is 1. The molecule has 6 nitrogen and oxygen atoms in total. The molecule has 0 atom stereocenters. The van der Waals surface area contributed by atoms with Gasteiger partial charge in [0.25, 0.3) is 11.8 Å². The maximum atomic E-state index is 13.3. The van der Waals surface area contributed by atoms with Crippen LogP contribution in [0.5, 0.6) is 5.75 Å². The molecule has 1 aromatic heterocycles. The van der Waals surface area contributed by atoms with Crippen LogP contribution in [0.1, 0.15) is 47.1 Å². The first kappa shape index (κ1) is 19.5. The molecule has 0 radical (unpaired) electrons. The lowest BCUT2D eigenvalue weighted by Crippen LogP contribution is -2.38. The number of fused-ring (bicyclic) bond motifs is 5. The molecule has 0 bridgehead atoms. The maximum Gasteiger partial charge on any atom is 0.262 e. The van der Waals surface area contributed by atoms with E-state index < -0.39 is 0 Å². The first-order chi connectivity index (χ1) is 14.0. The molecule has 29 heavy (non-hydrogen) atoms. The van der Waals surface area contributed by atoms with Gasteiger partial charge in [0, 0.05) is 29.4 Å². The molecule has 0 saturated carbocycles. The summed E-state index contributed by atoms with van der Waals surface area (Å²) in [5, 5.41) is 1.74. The first-order valence-electron chi connectivity index (χ1n) is 10.3. The van der Waals surface area contributed by atoms with E-state index in [2.05, 4.69) is 30.7 Å². The average molecular weight is 393 g/mol. The van der Waals surface area contributed by atoms with E-state index in [1.165, 1.54) is 4.90 Å². The number of nitrogens with one attached hydrogen (secondary N) is 1. The molecule has 6 heteroatoms. The van der Waals surface area contributed by atoms with Crippen molar-refractivity contribution in [2.24, 2.45) is 0 Å². The summed E-state index contributed by atoms with van der Waals surface area (Å²) in [6.45, 7) is 9.11. The van der Waals surface area contributed by atoms with Crippen LogP contribution in [-0.2, 0) is 6.42 Å². The summed E-state index contributed by atoms with van der Waals surface area (Å²) in [6, 6.07) is 7.68. The number of nitrogens with zero attached hydrogens (tertiary/aromatic N) is 2. The van der Waals surface area contributed by atoms with E-state index in [1.807, 2.05) is 24.3 Å². The van der Waals surface area contributed by atoms with Crippen LogP contribution in [0, 0.1) is 0 Å². The number of aryl methyl sites for hydroxylation is 1. The van der Waals surface area contributed by atoms with Gasteiger partial charge < -0.3 is 14.6 Å². The number of hydrogen-bond acceptors (Lipinski definition) is 4. The van der Waals surface area contributed by atoms with Gasteiger partial charge in [0.1, 0.15) is 5.75 Å². The summed E-state index contributed by atoms with van der Waals surface area (Å²) >= 11 is 0. The van der Waals surface area contributed by atoms with Crippen LogP contribution in [-0.4, -0.2) is 59.9 Å². The summed E-state index contributed by atoms with van der Waals surface area (Å²) in [5.74, 6) is 0.337. The van der Waals surface area contributed by atoms with E-state index in [4.69, 9.17) is 4.74 Å². The monoisotopic (exact) mass is 393 g/mol. The molecule has 2 heterocycles. The normalized spacial score (nSPS) is 13.9. The summed E-state index contributed by atoms with van der Waals surface area (Å²) in [6.07, 6.45) is 0.772. The Hall–Kier alpha value is -2.86. The molecule has 0 fully saturated rings. The Morgan fingerprint density at radius 2 is 1.83 bits per heavy atom. The Morgan fingerprint density at radius 3 is 2.48 bits per heavy atom. The average Bonchev–Trinajstić information content (AvgIpc) is 3.23. The molecular formula is C23H27N3O3. The van der Waals surface area contributed by atoms with Gasteiger partial charge in [-0.2, -0.15) is 0 Å². The molecular weight excluding hydrogens is 366 g/mol. The Morgan fingerprint density at radius 1 is 1.07 bits per heavy atom. The largest absolute Gasteiger partial charge is 0.497 e. The van der Waals surface area contributed by atoms with Gasteiger partial charge in [0.05, 0.1) is 23.8 Å². The highest BCUT2D eigenvalue weighted by Crippen LogP contribution is 2.38. The lowest BCUT2D eigenvalue weighted by molar-refractivity contribution is 0.0638. The number of hydrogen-bond donors (Lipinski definition) is 1. The van der Waals surface area contributed by atoms with Gasteiger partial charge in [0.15, 0.2) is 0 Å². The summed E-state index contributed by atoms with van der Waals surface area (Å²) in [7, 11) is 1.63. The number of aromatic nitrogens is 1. The van der Waals surface area contributed by atoms with Crippen LogP contribution in [0.15, 0.2) is 24.3 Å². The van der Waals surface area contributed by atoms with Gasteiger partial charge in [-0.25, -0.2) is 0 Å². The van der Waals surface area contributed by atoms with E-state index in [9.17, 15) is 9.59 Å². The van der Waals surface area contributed by atoms with Gasteiger partial charge in [-0.1, -0.05) is 20.8 Å². The molecule has 0 unspecified atom stereocenters. The number of methoxy groups -OCH3 is 1. The second-order valence-electron chi connectivity index (χ2n) is 7.39. The minimum absolute atomic E-state index is 0.189. The molecule has 1 aliphatic heterocycles. The number of carbonyl (C=O) groups is 2. The third-order valence-electron chi connectivity index (χ3n) is 6.01. The number of amides is 2. The molecule has 3 aromatic rings. The Labute approximate surface area is 170 Å². The fourth-order valence-corrected chi connectivity index (χ4v) is 4.28. The van der Waals surface area contributed by atoms with Gasteiger partial charge in [-0.3, -0.25) is 14.5 Å². The lowest BCUT2D eigenvalue weighted by atomic mass is 9.97. The van der Waals surface area contributed by atoms with Crippen LogP contribution in [0.3, 0.4) is 0 Å². The number of aromatic amines is 1. The zero-order chi connectivity index (χ0) is 20.7. The highest BCUT2D eigenvalue weighted by Gasteiger charge is 2.38. The number of imide groups is 1. The molecule has 1 aliphatic rings. The van der Waals surface area contributed by atoms with Crippen LogP contribution in [0.4, 0.5) is 0 Å². The predicted octanol–water partition coefficient (Wildman–Crippen LogP) is 3.83. The highest BCUT2D eigenvalue weighted by molar-refractivity contribution is 6.30. The van der Waals surface area contributed by atoms with Crippen molar-refractivity contribution in [1.29, 1.82) is 0 Å². The van der Waals surface area contributed by atoms with E-state index in [-0.39, 0.29) is 11.8 Å². The van der Waals surface area contributed by atoms with Crippen molar-refractivity contribution < 1.29 is 14.3 Å². The smallest absolute Gasteiger partial charge is 0.262 e. The zero-order valence-electron chi connectivity index (χ0n) is 17.5. The number of carbonyl (C=O) groups excluding carboxylic acids is 2. The predicted molar refractivity (Wildman–Crippen MR) is 115 cm³/mol. The van der Waals surface area contributed by atoms with E-state index in [0.29, 0.717) is 24.2 Å². The van der Waals surface area contributed by atoms with Crippen molar-refractivity contribution >= 4 is 33.6 Å². The standard InChI is InChI=1S/C23H27N3O3/c1-5-14-12-17-20(23(28)26(22(17)27)11-10-25(6-2)7-3)19-16-13-15(29-4)8-9-18(16)24-21(14)19/h8-9,12-13,24H,5-7,10-11H2,1-4H3. The SMILES string of the molecule is CCc1cc2c(c3c1[nH]c1ccc(OC)cc13)C(=O)N(CCN(CC)CC)C2=O. The molecule has 1 N–H and O–H groups in total. The number of likely N-dealkylation sites (N-methyl/N-ethyl adjacent to an activating group) is 1. The van der Waals surface area contributed by atoms with Crippen LogP contribution in [0.2, 0.25) is 0 Å². The van der Waals surface area contributed by atoms with Gasteiger partial charge in [0.2, 0.25) is 0 Å². The molecule has 152 valence electrons. The fourth-order valence-electron chi connectivity index (χ4n) is 4.28. The summed E-state index contributed by atoms with van der Waals surface area (Å²) in [4.78, 5) is 33.6. The Bertz CT molecular complexity index is 1110. The summed E-state index contributed by atoms with van der Waals surface area (Å²) < 4.78 is 5.39. The van der Waals surface area contributed by atoms with E-state index in [1.54, 1.807) is 7.11 Å². The first-order valence-corrected chi connectivity index (χ1v) is 10.3. The van der Waals surface area contributed by atoms with Crippen molar-refractivity contribution in [1.82, 2.24) is 14.8 Å². The highest BCUT2D eigenvalue weighted by atomic mass is 16.5. The van der Waals surface area contributed by atoms with Gasteiger partial charge in [-0.05, 0) is 49.3 Å². The van der Waals surface area contributed by atoms with Crippen LogP contribution in [0.25, 0.3) is 21.8 Å². The van der Waals surface area contributed by atoms with E-state index >= 15 is 0 Å². The number of rotatable bonds is 7. The summed E-state index contributed by atoms with van der Waals surface area (Å²) in [5.41, 5.74) is 3.94. The fraction of sp³-hybridized carbons (Fsp3) is 0.391. The number of benzene rings is 2. The van der Waals surface area contributed by atoms with Gasteiger partial charge >= 0.3 is 0 Å². The minimum atomic E-state index is -0.200. The zero-order valence-corrected chi connectivity index (χ0v) is 17.5. The maximum absolute atomic E-state index is 13.3. The van der Waals surface area contributed by atoms with Crippen LogP contribution >= 0.6 is 0 Å². The second kappa shape index (κ2) is 7.52. The second-order valence-corrected chi connectivity index (χ2v) is 7.39. The van der Waals surface area contributed by atoms with Crippen molar-refractivity contribution in [2.75, 3.05) is 33.3 Å². The Kier molecular flexibility index (Phi) is 5.04. The van der Waals surface area contributed by atoms with Crippen LogP contribution < -0.4 is 4.74 Å². The van der Waals surface area contributed by atoms with Gasteiger partial charge in [-0.15, -0.1) is 0 Å². The quantitative estimate of drug-likeness (QED) is 0.620. The number of H-pyrrole nitrogens is 1. The molecule has 2 aromatic carbocycles. The van der Waals surface area contributed by atoms with Crippen molar-refractivity contribution in [3.63, 3.8) is 0 Å². The van der Waals surface area contributed by atoms with Crippen molar-refractivity contribution in [3.05, 3.63) is 41.0 Å². The molecule has 4 rings (SSSR count). The third kappa shape index (κ3) is 2.99. The molecule has 0 saturated heterocycles. The van der Waals surface area contributed by atoms with Crippen molar-refractivity contribution in [2.45, 2.75) is 27.2 Å². The van der Waals surface area contributed by atoms with Crippen molar-refractivity contribution in [3.8, 4) is 5.75 Å². The third-order valence-corrected chi connectivity index (χ3v) is 6.01. The van der Waals surface area contributed by atoms with E-state index in [0.717, 1.165) is 52.6 Å². The lowest BCUT2D eigenvalue weighted by Gasteiger charge is -2.21. The molecule has 0 spiro atoms. The molecule has 2 amide bonds. The Balaban J connectivity index is 1.88. The minimum Gasteiger partial charge on any atom is -0.497 e. The molecule has 0 aliphatic carbocycles.